The minimum Gasteiger partial charge on any atom is -0.504 e. The fourth-order valence-electron chi connectivity index (χ4n) is 1.85. The van der Waals surface area contributed by atoms with Crippen molar-refractivity contribution in [1.29, 1.82) is 0 Å². The number of ether oxygens (including phenoxy) is 2. The summed E-state index contributed by atoms with van der Waals surface area (Å²) >= 11 is 0. The van der Waals surface area contributed by atoms with Gasteiger partial charge in [-0.25, -0.2) is 0 Å². The molecule has 1 aliphatic rings. The molecule has 1 fully saturated rings. The van der Waals surface area contributed by atoms with E-state index in [1.165, 1.54) is 12.1 Å². The van der Waals surface area contributed by atoms with Gasteiger partial charge in [-0.1, -0.05) is 12.1 Å². The third-order valence-corrected chi connectivity index (χ3v) is 2.96. The summed E-state index contributed by atoms with van der Waals surface area (Å²) in [6, 6.07) is 6.05. The number of rotatable bonds is 3. The molecule has 0 bridgehead atoms. The molecule has 1 aromatic rings. The molecule has 7 nitrogen and oxygen atoms in total. The van der Waals surface area contributed by atoms with Crippen molar-refractivity contribution in [1.82, 2.24) is 0 Å². The zero-order valence-corrected chi connectivity index (χ0v) is 9.96. The summed E-state index contributed by atoms with van der Waals surface area (Å²) in [5.41, 5.74) is 0. The highest BCUT2D eigenvalue weighted by Crippen LogP contribution is 2.29. The van der Waals surface area contributed by atoms with Crippen molar-refractivity contribution < 1.29 is 35.0 Å². The van der Waals surface area contributed by atoms with E-state index in [2.05, 4.69) is 0 Å². The zero-order chi connectivity index (χ0) is 14.0. The van der Waals surface area contributed by atoms with E-state index in [0.717, 1.165) is 0 Å². The van der Waals surface area contributed by atoms with Crippen LogP contribution in [0, 0.1) is 0 Å². The molecule has 0 radical (unpaired) electrons. The van der Waals surface area contributed by atoms with Gasteiger partial charge in [-0.3, -0.25) is 0 Å². The molecule has 0 spiro atoms. The van der Waals surface area contributed by atoms with Crippen LogP contribution in [0.3, 0.4) is 0 Å². The quantitative estimate of drug-likeness (QED) is 0.457. The van der Waals surface area contributed by atoms with Crippen LogP contribution in [0.1, 0.15) is 0 Å². The number of hydrogen-bond donors (Lipinski definition) is 5. The Morgan fingerprint density at radius 3 is 2.37 bits per heavy atom. The predicted octanol–water partition coefficient (Wildman–Crippen LogP) is -1.43. The number of aliphatic hydroxyl groups is 4. The van der Waals surface area contributed by atoms with Gasteiger partial charge < -0.3 is 35.0 Å². The molecule has 5 atom stereocenters. The smallest absolute Gasteiger partial charge is 0.229 e. The fraction of sp³-hybridized carbons (Fsp3) is 0.500. The van der Waals surface area contributed by atoms with Crippen LogP contribution in [-0.4, -0.2) is 62.8 Å². The first kappa shape index (κ1) is 14.0. The summed E-state index contributed by atoms with van der Waals surface area (Å²) in [7, 11) is 0. The molecule has 106 valence electrons. The Morgan fingerprint density at radius 1 is 1.05 bits per heavy atom. The first-order valence-corrected chi connectivity index (χ1v) is 5.79. The Kier molecular flexibility index (Phi) is 4.23. The second-order valence-electron chi connectivity index (χ2n) is 4.28. The standard InChI is InChI=1S/C12H16O7/c13-5-8-9(15)10(16)11(17)12(19-8)18-7-4-2-1-3-6(7)14/h1-4,8-17H,5H2/t8-,9+,10+,11-,12-/m1/s1. The molecule has 0 aliphatic carbocycles. The molecule has 0 unspecified atom stereocenters. The molecule has 19 heavy (non-hydrogen) atoms. The van der Waals surface area contributed by atoms with E-state index in [9.17, 15) is 20.4 Å². The van der Waals surface area contributed by atoms with E-state index >= 15 is 0 Å². The number of phenolic OH excluding ortho intramolecular Hbond substituents is 1. The average molecular weight is 272 g/mol. The van der Waals surface area contributed by atoms with Crippen molar-refractivity contribution >= 4 is 0 Å². The molecule has 0 saturated carbocycles. The number of para-hydroxylation sites is 2. The third-order valence-electron chi connectivity index (χ3n) is 2.96. The van der Waals surface area contributed by atoms with Crippen molar-refractivity contribution in [3.05, 3.63) is 24.3 Å². The molecule has 1 heterocycles. The number of aromatic hydroxyl groups is 1. The van der Waals surface area contributed by atoms with Gasteiger partial charge in [0.2, 0.25) is 6.29 Å². The van der Waals surface area contributed by atoms with Crippen molar-refractivity contribution in [2.75, 3.05) is 6.61 Å². The van der Waals surface area contributed by atoms with Crippen LogP contribution in [0.2, 0.25) is 0 Å². The van der Waals surface area contributed by atoms with Gasteiger partial charge >= 0.3 is 0 Å². The van der Waals surface area contributed by atoms with Gasteiger partial charge in [-0.05, 0) is 12.1 Å². The zero-order valence-electron chi connectivity index (χ0n) is 9.96. The molecule has 5 N–H and O–H groups in total. The highest BCUT2D eigenvalue weighted by atomic mass is 16.7. The van der Waals surface area contributed by atoms with Crippen molar-refractivity contribution in [3.63, 3.8) is 0 Å². The Morgan fingerprint density at radius 2 is 1.74 bits per heavy atom. The monoisotopic (exact) mass is 272 g/mol. The number of hydrogen-bond acceptors (Lipinski definition) is 7. The molecule has 2 rings (SSSR count). The van der Waals surface area contributed by atoms with E-state index in [1.54, 1.807) is 12.1 Å². The summed E-state index contributed by atoms with van der Waals surface area (Å²) < 4.78 is 10.4. The van der Waals surface area contributed by atoms with Gasteiger partial charge in [0.15, 0.2) is 11.5 Å². The largest absolute Gasteiger partial charge is 0.504 e. The Balaban J connectivity index is 2.13. The first-order chi connectivity index (χ1) is 9.04. The van der Waals surface area contributed by atoms with Crippen LogP contribution in [0.4, 0.5) is 0 Å². The second kappa shape index (κ2) is 5.72. The molecule has 0 amide bonds. The maximum Gasteiger partial charge on any atom is 0.229 e. The second-order valence-corrected chi connectivity index (χ2v) is 4.28. The van der Waals surface area contributed by atoms with Crippen LogP contribution in [-0.2, 0) is 4.74 Å². The van der Waals surface area contributed by atoms with Crippen LogP contribution in [0.25, 0.3) is 0 Å². The number of phenols is 1. The Hall–Kier alpha value is -1.38. The number of benzene rings is 1. The normalized spacial score (nSPS) is 35.1. The van der Waals surface area contributed by atoms with Crippen LogP contribution in [0.5, 0.6) is 11.5 Å². The number of aliphatic hydroxyl groups excluding tert-OH is 4. The highest BCUT2D eigenvalue weighted by Gasteiger charge is 2.44. The van der Waals surface area contributed by atoms with E-state index in [1.807, 2.05) is 0 Å². The van der Waals surface area contributed by atoms with Gasteiger partial charge in [-0.2, -0.15) is 0 Å². The van der Waals surface area contributed by atoms with Gasteiger partial charge in [0.1, 0.15) is 24.4 Å². The van der Waals surface area contributed by atoms with Crippen LogP contribution >= 0.6 is 0 Å². The van der Waals surface area contributed by atoms with E-state index < -0.39 is 37.3 Å². The van der Waals surface area contributed by atoms with Crippen molar-refractivity contribution in [3.8, 4) is 11.5 Å². The van der Waals surface area contributed by atoms with E-state index in [0.29, 0.717) is 0 Å². The summed E-state index contributed by atoms with van der Waals surface area (Å²) in [5.74, 6) is -0.0914. The lowest BCUT2D eigenvalue weighted by atomic mass is 9.99. The lowest BCUT2D eigenvalue weighted by Crippen LogP contribution is -2.60. The summed E-state index contributed by atoms with van der Waals surface area (Å²) in [6.07, 6.45) is -6.80. The Labute approximate surface area is 109 Å². The third kappa shape index (κ3) is 2.80. The van der Waals surface area contributed by atoms with Crippen LogP contribution in [0.15, 0.2) is 24.3 Å². The summed E-state index contributed by atoms with van der Waals surface area (Å²) in [6.45, 7) is -0.536. The summed E-state index contributed by atoms with van der Waals surface area (Å²) in [5, 5.41) is 47.5. The van der Waals surface area contributed by atoms with E-state index in [-0.39, 0.29) is 11.5 Å². The minimum atomic E-state index is -1.51. The molecule has 7 heteroatoms. The SMILES string of the molecule is OC[C@H]1O[C@@H](Oc2ccccc2O)[C@H](O)[C@@H](O)[C@H]1O. The topological polar surface area (TPSA) is 120 Å². The maximum atomic E-state index is 9.75. The molecule has 1 aromatic carbocycles. The molecular weight excluding hydrogens is 256 g/mol. The minimum absolute atomic E-state index is 0.0619. The average Bonchev–Trinajstić information content (AvgIpc) is 2.41. The molecule has 1 saturated heterocycles. The predicted molar refractivity (Wildman–Crippen MR) is 62.5 cm³/mol. The van der Waals surface area contributed by atoms with Gasteiger partial charge in [0.25, 0.3) is 0 Å². The fourth-order valence-corrected chi connectivity index (χ4v) is 1.85. The van der Waals surface area contributed by atoms with Gasteiger partial charge in [0.05, 0.1) is 6.61 Å². The molecular formula is C12H16O7. The van der Waals surface area contributed by atoms with Gasteiger partial charge in [0, 0.05) is 0 Å². The van der Waals surface area contributed by atoms with Crippen molar-refractivity contribution in [2.45, 2.75) is 30.7 Å². The molecule has 1 aliphatic heterocycles. The lowest BCUT2D eigenvalue weighted by molar-refractivity contribution is -0.277. The van der Waals surface area contributed by atoms with Crippen LogP contribution < -0.4 is 4.74 Å². The molecule has 0 aromatic heterocycles. The van der Waals surface area contributed by atoms with E-state index in [4.69, 9.17) is 14.6 Å². The maximum absolute atomic E-state index is 9.75. The Bertz CT molecular complexity index is 422. The summed E-state index contributed by atoms with van der Waals surface area (Å²) in [4.78, 5) is 0. The van der Waals surface area contributed by atoms with Crippen molar-refractivity contribution in [2.24, 2.45) is 0 Å². The van der Waals surface area contributed by atoms with Gasteiger partial charge in [-0.15, -0.1) is 0 Å². The lowest BCUT2D eigenvalue weighted by Gasteiger charge is -2.39. The highest BCUT2D eigenvalue weighted by molar-refractivity contribution is 5.38. The first-order valence-electron chi connectivity index (χ1n) is 5.79.